The molecule has 1 unspecified atom stereocenters. The lowest BCUT2D eigenvalue weighted by atomic mass is 10.0. The van der Waals surface area contributed by atoms with Crippen molar-refractivity contribution >= 4 is 11.8 Å². The van der Waals surface area contributed by atoms with Crippen molar-refractivity contribution in [3.05, 3.63) is 48.0 Å². The predicted molar refractivity (Wildman–Crippen MR) is 88.9 cm³/mol. The fourth-order valence-corrected chi connectivity index (χ4v) is 3.06. The van der Waals surface area contributed by atoms with Crippen molar-refractivity contribution < 1.29 is 9.59 Å². The van der Waals surface area contributed by atoms with Crippen molar-refractivity contribution in [3.63, 3.8) is 0 Å². The van der Waals surface area contributed by atoms with Crippen LogP contribution in [0, 0.1) is 0 Å². The van der Waals surface area contributed by atoms with E-state index in [0.717, 1.165) is 32.1 Å². The average molecular weight is 299 g/mol. The van der Waals surface area contributed by atoms with Gasteiger partial charge in [0.1, 0.15) is 0 Å². The summed E-state index contributed by atoms with van der Waals surface area (Å²) < 4.78 is 0. The molecule has 118 valence electrons. The van der Waals surface area contributed by atoms with Crippen LogP contribution in [-0.4, -0.2) is 22.8 Å². The van der Waals surface area contributed by atoms with E-state index in [1.165, 1.54) is 17.7 Å². The molecule has 2 amide bonds. The first kappa shape index (κ1) is 16.5. The largest absolute Gasteiger partial charge is 0.271 e. The van der Waals surface area contributed by atoms with Gasteiger partial charge in [-0.2, -0.15) is 0 Å². The molecule has 3 heteroatoms. The first-order valence-electron chi connectivity index (χ1n) is 8.28. The van der Waals surface area contributed by atoms with Crippen molar-refractivity contribution in [1.29, 1.82) is 0 Å². The van der Waals surface area contributed by atoms with Crippen LogP contribution >= 0.6 is 0 Å². The Morgan fingerprint density at radius 2 is 1.68 bits per heavy atom. The summed E-state index contributed by atoms with van der Waals surface area (Å²) in [6, 6.07) is 7.11. The molecule has 1 heterocycles. The summed E-state index contributed by atoms with van der Waals surface area (Å²) in [7, 11) is 0. The number of imide groups is 1. The Morgan fingerprint density at radius 1 is 1.05 bits per heavy atom. The van der Waals surface area contributed by atoms with Gasteiger partial charge in [-0.1, -0.05) is 50.8 Å². The summed E-state index contributed by atoms with van der Waals surface area (Å²) in [5.41, 5.74) is 1.09. The molecule has 2 rings (SSSR count). The number of carbonyl (C=O) groups excluding carboxylic acids is 2. The summed E-state index contributed by atoms with van der Waals surface area (Å²) in [6.45, 7) is 5.94. The van der Waals surface area contributed by atoms with Crippen LogP contribution < -0.4 is 0 Å². The molecule has 1 atom stereocenters. The minimum absolute atomic E-state index is 0.0118. The molecule has 1 aromatic carbocycles. The van der Waals surface area contributed by atoms with E-state index in [9.17, 15) is 9.59 Å². The van der Waals surface area contributed by atoms with E-state index < -0.39 is 0 Å². The highest BCUT2D eigenvalue weighted by atomic mass is 16.2. The third kappa shape index (κ3) is 3.46. The zero-order chi connectivity index (χ0) is 15.9. The van der Waals surface area contributed by atoms with Crippen LogP contribution in [0.4, 0.5) is 0 Å². The first-order chi connectivity index (χ1) is 10.7. The van der Waals surface area contributed by atoms with E-state index >= 15 is 0 Å². The smallest absolute Gasteiger partial charge is 0.261 e. The SMILES string of the molecule is C=CCCC(CCCCCC)N1C(=O)c2ccccc2C1=O. The third-order valence-corrected chi connectivity index (χ3v) is 4.29. The molecule has 0 aromatic heterocycles. The zero-order valence-corrected chi connectivity index (χ0v) is 13.4. The Bertz CT molecular complexity index is 515. The Kier molecular flexibility index (Phi) is 5.93. The van der Waals surface area contributed by atoms with Gasteiger partial charge in [0.2, 0.25) is 0 Å². The number of rotatable bonds is 9. The molecule has 0 radical (unpaired) electrons. The maximum Gasteiger partial charge on any atom is 0.261 e. The standard InChI is InChI=1S/C19H25NO2/c1-3-5-7-8-12-15(11-6-4-2)20-18(21)16-13-9-10-14-17(16)19(20)22/h4,9-10,13-15H,2-3,5-8,11-12H2,1H3. The first-order valence-corrected chi connectivity index (χ1v) is 8.28. The van der Waals surface area contributed by atoms with Gasteiger partial charge in [0.05, 0.1) is 11.1 Å². The number of carbonyl (C=O) groups is 2. The van der Waals surface area contributed by atoms with Crippen molar-refractivity contribution in [3.8, 4) is 0 Å². The van der Waals surface area contributed by atoms with Gasteiger partial charge < -0.3 is 0 Å². The van der Waals surface area contributed by atoms with Gasteiger partial charge in [-0.3, -0.25) is 14.5 Å². The van der Waals surface area contributed by atoms with Crippen molar-refractivity contribution in [1.82, 2.24) is 4.90 Å². The average Bonchev–Trinajstić information content (AvgIpc) is 2.79. The number of benzene rings is 1. The highest BCUT2D eigenvalue weighted by Gasteiger charge is 2.38. The molecule has 0 bridgehead atoms. The second-order valence-electron chi connectivity index (χ2n) is 5.90. The minimum atomic E-state index is -0.134. The molecular weight excluding hydrogens is 274 g/mol. The van der Waals surface area contributed by atoms with E-state index in [1.54, 1.807) is 12.1 Å². The molecule has 0 fully saturated rings. The second kappa shape index (κ2) is 7.92. The van der Waals surface area contributed by atoms with Crippen LogP contribution in [0.1, 0.15) is 72.6 Å². The fraction of sp³-hybridized carbons (Fsp3) is 0.474. The Hall–Kier alpha value is -1.90. The van der Waals surface area contributed by atoms with Gasteiger partial charge in [0, 0.05) is 6.04 Å². The number of fused-ring (bicyclic) bond motifs is 1. The van der Waals surface area contributed by atoms with Crippen molar-refractivity contribution in [2.24, 2.45) is 0 Å². The third-order valence-electron chi connectivity index (χ3n) is 4.29. The van der Waals surface area contributed by atoms with Crippen LogP contribution in [0.3, 0.4) is 0 Å². The number of amides is 2. The van der Waals surface area contributed by atoms with Crippen LogP contribution in [0.5, 0.6) is 0 Å². The van der Waals surface area contributed by atoms with Gasteiger partial charge in [0.25, 0.3) is 11.8 Å². The summed E-state index contributed by atoms with van der Waals surface area (Å²) in [5, 5.41) is 0. The van der Waals surface area contributed by atoms with Crippen LogP contribution in [-0.2, 0) is 0 Å². The molecular formula is C19H25NO2. The van der Waals surface area contributed by atoms with Crippen LogP contribution in [0.15, 0.2) is 36.9 Å². The molecule has 0 spiro atoms. The Morgan fingerprint density at radius 3 is 2.23 bits per heavy atom. The summed E-state index contributed by atoms with van der Waals surface area (Å²) >= 11 is 0. The lowest BCUT2D eigenvalue weighted by Gasteiger charge is -2.26. The Balaban J connectivity index is 2.12. The molecule has 0 saturated heterocycles. The highest BCUT2D eigenvalue weighted by molar-refractivity contribution is 6.21. The predicted octanol–water partition coefficient (Wildman–Crippen LogP) is 4.59. The molecule has 22 heavy (non-hydrogen) atoms. The number of allylic oxidation sites excluding steroid dienone is 1. The lowest BCUT2D eigenvalue weighted by Crippen LogP contribution is -2.39. The number of nitrogens with zero attached hydrogens (tertiary/aromatic N) is 1. The second-order valence-corrected chi connectivity index (χ2v) is 5.90. The van der Waals surface area contributed by atoms with E-state index in [2.05, 4.69) is 13.5 Å². The fourth-order valence-electron chi connectivity index (χ4n) is 3.06. The summed E-state index contributed by atoms with van der Waals surface area (Å²) in [4.78, 5) is 26.6. The van der Waals surface area contributed by atoms with Gasteiger partial charge >= 0.3 is 0 Å². The maximum atomic E-state index is 12.6. The highest BCUT2D eigenvalue weighted by Crippen LogP contribution is 2.28. The lowest BCUT2D eigenvalue weighted by molar-refractivity contribution is 0.0566. The molecule has 0 N–H and O–H groups in total. The normalized spacial score (nSPS) is 15.0. The van der Waals surface area contributed by atoms with E-state index in [-0.39, 0.29) is 17.9 Å². The van der Waals surface area contributed by atoms with Gasteiger partial charge in [-0.25, -0.2) is 0 Å². The molecule has 0 saturated carbocycles. The molecule has 1 aliphatic heterocycles. The van der Waals surface area contributed by atoms with Crippen molar-refractivity contribution in [2.45, 2.75) is 57.9 Å². The molecule has 1 aliphatic rings. The minimum Gasteiger partial charge on any atom is -0.271 e. The van der Waals surface area contributed by atoms with E-state index in [1.807, 2.05) is 18.2 Å². The van der Waals surface area contributed by atoms with Gasteiger partial charge in [-0.15, -0.1) is 6.58 Å². The quantitative estimate of drug-likeness (QED) is 0.380. The maximum absolute atomic E-state index is 12.6. The number of unbranched alkanes of at least 4 members (excludes halogenated alkanes) is 3. The van der Waals surface area contributed by atoms with E-state index in [0.29, 0.717) is 11.1 Å². The molecule has 3 nitrogen and oxygen atoms in total. The Labute approximate surface area is 133 Å². The zero-order valence-electron chi connectivity index (χ0n) is 13.4. The number of hydrogen-bond donors (Lipinski definition) is 0. The summed E-state index contributed by atoms with van der Waals surface area (Å²) in [6.07, 6.45) is 8.98. The number of hydrogen-bond acceptors (Lipinski definition) is 2. The monoisotopic (exact) mass is 299 g/mol. The summed E-state index contributed by atoms with van der Waals surface area (Å²) in [5.74, 6) is -0.268. The van der Waals surface area contributed by atoms with Gasteiger partial charge in [0.15, 0.2) is 0 Å². The molecule has 1 aromatic rings. The van der Waals surface area contributed by atoms with Crippen LogP contribution in [0.2, 0.25) is 0 Å². The van der Waals surface area contributed by atoms with Gasteiger partial charge in [-0.05, 0) is 31.4 Å². The molecule has 0 aliphatic carbocycles. The van der Waals surface area contributed by atoms with Crippen LogP contribution in [0.25, 0.3) is 0 Å². The van der Waals surface area contributed by atoms with E-state index in [4.69, 9.17) is 0 Å². The van der Waals surface area contributed by atoms with Crippen molar-refractivity contribution in [2.75, 3.05) is 0 Å². The topological polar surface area (TPSA) is 37.4 Å².